The number of aryl methyl sites for hydroxylation is 1. The van der Waals surface area contributed by atoms with E-state index in [1.54, 1.807) is 17.9 Å². The predicted molar refractivity (Wildman–Crippen MR) is 99.6 cm³/mol. The Kier molecular flexibility index (Phi) is 5.93. The van der Waals surface area contributed by atoms with Crippen LogP contribution in [0.2, 0.25) is 5.02 Å². The van der Waals surface area contributed by atoms with Crippen molar-refractivity contribution in [3.63, 3.8) is 0 Å². The van der Waals surface area contributed by atoms with E-state index in [0.717, 1.165) is 12.8 Å². The van der Waals surface area contributed by atoms with Crippen LogP contribution < -0.4 is 10.1 Å². The molecular weight excluding hydrogens is 379 g/mol. The number of halogens is 2. The summed E-state index contributed by atoms with van der Waals surface area (Å²) in [6.45, 7) is 3.03. The van der Waals surface area contributed by atoms with Crippen molar-refractivity contribution >= 4 is 34.3 Å². The molecule has 0 aliphatic carbocycles. The highest BCUT2D eigenvalue weighted by Gasteiger charge is 2.24. The minimum atomic E-state index is -0.317. The van der Waals surface area contributed by atoms with E-state index in [-0.39, 0.29) is 16.9 Å². The van der Waals surface area contributed by atoms with Crippen LogP contribution in [0.1, 0.15) is 24.2 Å². The Hall–Kier alpha value is -1.93. The van der Waals surface area contributed by atoms with Crippen LogP contribution in [0.4, 0.5) is 14.3 Å². The van der Waals surface area contributed by atoms with Crippen molar-refractivity contribution in [3.05, 3.63) is 34.4 Å². The molecular formula is C17H20ClFN4O2S. The summed E-state index contributed by atoms with van der Waals surface area (Å²) in [5.41, 5.74) is 0.596. The maximum absolute atomic E-state index is 14.1. The summed E-state index contributed by atoms with van der Waals surface area (Å²) in [6.07, 6.45) is 2.23. The van der Waals surface area contributed by atoms with Gasteiger partial charge in [0.2, 0.25) is 5.13 Å². The van der Waals surface area contributed by atoms with E-state index in [0.29, 0.717) is 47.7 Å². The van der Waals surface area contributed by atoms with Crippen molar-refractivity contribution in [3.8, 4) is 5.75 Å². The molecule has 0 unspecified atom stereocenters. The highest BCUT2D eigenvalue weighted by Crippen LogP contribution is 2.30. The van der Waals surface area contributed by atoms with Crippen LogP contribution in [0.3, 0.4) is 0 Å². The van der Waals surface area contributed by atoms with Crippen LogP contribution >= 0.6 is 23.1 Å². The van der Waals surface area contributed by atoms with Crippen molar-refractivity contribution in [1.29, 1.82) is 0 Å². The number of nitrogens with one attached hydrogen (secondary N) is 1. The van der Waals surface area contributed by atoms with Gasteiger partial charge in [0.1, 0.15) is 17.4 Å². The Morgan fingerprint density at radius 2 is 2.19 bits per heavy atom. The molecule has 0 saturated carbocycles. The number of likely N-dealkylation sites (tertiary alicyclic amines) is 1. The van der Waals surface area contributed by atoms with Gasteiger partial charge in [0.05, 0.1) is 12.1 Å². The third-order valence-corrected chi connectivity index (χ3v) is 5.49. The molecule has 0 radical (unpaired) electrons. The van der Waals surface area contributed by atoms with E-state index in [2.05, 4.69) is 14.7 Å². The third kappa shape index (κ3) is 4.42. The average Bonchev–Trinajstić information content (AvgIpc) is 3.02. The molecule has 9 heteroatoms. The van der Waals surface area contributed by atoms with Crippen molar-refractivity contribution in [2.24, 2.45) is 5.92 Å². The second-order valence-corrected chi connectivity index (χ2v) is 7.45. The zero-order chi connectivity index (χ0) is 18.7. The zero-order valence-corrected chi connectivity index (χ0v) is 16.2. The van der Waals surface area contributed by atoms with Crippen molar-refractivity contribution < 1.29 is 13.9 Å². The molecule has 1 aromatic carbocycles. The lowest BCUT2D eigenvalue weighted by molar-refractivity contribution is 0.182. The van der Waals surface area contributed by atoms with Gasteiger partial charge in [-0.2, -0.15) is 4.37 Å². The number of hydrogen-bond donors (Lipinski definition) is 1. The second kappa shape index (κ2) is 8.18. The number of hydrogen-bond acceptors (Lipinski definition) is 5. The van der Waals surface area contributed by atoms with Gasteiger partial charge in [-0.3, -0.25) is 5.32 Å². The fraction of sp³-hybridized carbons (Fsp3) is 0.471. The highest BCUT2D eigenvalue weighted by atomic mass is 35.5. The van der Waals surface area contributed by atoms with Crippen LogP contribution in [-0.2, 0) is 6.42 Å². The number of nitrogens with zero attached hydrogens (tertiary/aromatic N) is 3. The fourth-order valence-electron chi connectivity index (χ4n) is 3.05. The standard InChI is InChI=1S/C17H20ClFN4O2S/c1-10-20-16(26-22-10)21-17(24)23-5-3-11(4-6-23)7-12-8-15(25-2)13(18)9-14(12)19/h8-9,11H,3-7H2,1-2H3,(H,20,21,22,24). The average molecular weight is 399 g/mol. The number of urea groups is 1. The lowest BCUT2D eigenvalue weighted by Crippen LogP contribution is -2.41. The lowest BCUT2D eigenvalue weighted by atomic mass is 9.90. The maximum Gasteiger partial charge on any atom is 0.323 e. The van der Waals surface area contributed by atoms with Crippen molar-refractivity contribution in [1.82, 2.24) is 14.3 Å². The molecule has 1 N–H and O–H groups in total. The third-order valence-electron chi connectivity index (χ3n) is 4.47. The first-order chi connectivity index (χ1) is 12.5. The van der Waals surface area contributed by atoms with E-state index < -0.39 is 0 Å². The number of rotatable bonds is 4. The molecule has 26 heavy (non-hydrogen) atoms. The topological polar surface area (TPSA) is 67.3 Å². The number of carbonyl (C=O) groups is 1. The summed E-state index contributed by atoms with van der Waals surface area (Å²) in [7, 11) is 1.51. The molecule has 1 saturated heterocycles. The molecule has 3 rings (SSSR count). The number of carbonyl (C=O) groups excluding carboxylic acids is 1. The molecule has 140 valence electrons. The van der Waals surface area contributed by atoms with Gasteiger partial charge >= 0.3 is 6.03 Å². The summed E-state index contributed by atoms with van der Waals surface area (Å²) >= 11 is 7.11. The van der Waals surface area contributed by atoms with E-state index in [1.165, 1.54) is 24.7 Å². The maximum atomic E-state index is 14.1. The van der Waals surface area contributed by atoms with Crippen LogP contribution in [0, 0.1) is 18.7 Å². The largest absolute Gasteiger partial charge is 0.495 e. The highest BCUT2D eigenvalue weighted by molar-refractivity contribution is 7.09. The molecule has 0 atom stereocenters. The Bertz CT molecular complexity index is 793. The summed E-state index contributed by atoms with van der Waals surface area (Å²) in [5.74, 6) is 1.11. The quantitative estimate of drug-likeness (QED) is 0.840. The molecule has 1 aromatic heterocycles. The Morgan fingerprint density at radius 1 is 1.46 bits per heavy atom. The normalized spacial score (nSPS) is 15.2. The number of anilines is 1. The van der Waals surface area contributed by atoms with Gasteiger partial charge in [0, 0.05) is 24.6 Å². The predicted octanol–water partition coefficient (Wildman–Crippen LogP) is 4.13. The number of ether oxygens (including phenoxy) is 1. The molecule has 2 heterocycles. The van der Waals surface area contributed by atoms with Gasteiger partial charge in [-0.1, -0.05) is 11.6 Å². The van der Waals surface area contributed by atoms with Gasteiger partial charge in [-0.05, 0) is 49.8 Å². The molecule has 6 nitrogen and oxygen atoms in total. The number of aromatic nitrogens is 2. The Labute approximate surface area is 160 Å². The van der Waals surface area contributed by atoms with E-state index in [1.807, 2.05) is 0 Å². The first-order valence-corrected chi connectivity index (χ1v) is 9.49. The molecule has 1 aliphatic heterocycles. The molecule has 0 spiro atoms. The molecule has 1 aliphatic rings. The summed E-state index contributed by atoms with van der Waals surface area (Å²) < 4.78 is 23.4. The zero-order valence-electron chi connectivity index (χ0n) is 14.6. The SMILES string of the molecule is COc1cc(CC2CCN(C(=O)Nc3nc(C)ns3)CC2)c(F)cc1Cl. The Balaban J connectivity index is 1.54. The summed E-state index contributed by atoms with van der Waals surface area (Å²) in [5, 5.41) is 3.54. The van der Waals surface area contributed by atoms with Crippen LogP contribution in [0.25, 0.3) is 0 Å². The summed E-state index contributed by atoms with van der Waals surface area (Å²) in [6, 6.07) is 2.79. The van der Waals surface area contributed by atoms with Crippen molar-refractivity contribution in [2.75, 3.05) is 25.5 Å². The van der Waals surface area contributed by atoms with Crippen LogP contribution in [-0.4, -0.2) is 40.5 Å². The number of amides is 2. The monoisotopic (exact) mass is 398 g/mol. The minimum absolute atomic E-state index is 0.168. The smallest absolute Gasteiger partial charge is 0.323 e. The summed E-state index contributed by atoms with van der Waals surface area (Å²) in [4.78, 5) is 18.2. The molecule has 1 fully saturated rings. The number of piperidine rings is 1. The first kappa shape index (κ1) is 18.8. The van der Waals surface area contributed by atoms with Crippen molar-refractivity contribution in [2.45, 2.75) is 26.2 Å². The van der Waals surface area contributed by atoms with Gasteiger partial charge < -0.3 is 9.64 Å². The van der Waals surface area contributed by atoms with Gasteiger partial charge in [-0.25, -0.2) is 14.2 Å². The number of methoxy groups -OCH3 is 1. The minimum Gasteiger partial charge on any atom is -0.495 e. The van der Waals surface area contributed by atoms with E-state index >= 15 is 0 Å². The fourth-order valence-corrected chi connectivity index (χ4v) is 3.85. The Morgan fingerprint density at radius 3 is 2.81 bits per heavy atom. The molecule has 0 bridgehead atoms. The van der Waals surface area contributed by atoms with Crippen LogP contribution in [0.5, 0.6) is 5.75 Å². The molecule has 2 amide bonds. The van der Waals surface area contributed by atoms with Gasteiger partial charge in [0.25, 0.3) is 0 Å². The first-order valence-electron chi connectivity index (χ1n) is 8.34. The second-order valence-electron chi connectivity index (χ2n) is 6.29. The van der Waals surface area contributed by atoms with E-state index in [4.69, 9.17) is 16.3 Å². The van der Waals surface area contributed by atoms with Crippen LogP contribution in [0.15, 0.2) is 12.1 Å². The lowest BCUT2D eigenvalue weighted by Gasteiger charge is -2.31. The van der Waals surface area contributed by atoms with Gasteiger partial charge in [-0.15, -0.1) is 0 Å². The number of benzene rings is 1. The molecule has 2 aromatic rings. The van der Waals surface area contributed by atoms with Gasteiger partial charge in [0.15, 0.2) is 0 Å². The van der Waals surface area contributed by atoms with E-state index in [9.17, 15) is 9.18 Å².